The van der Waals surface area contributed by atoms with Crippen molar-refractivity contribution in [3.63, 3.8) is 0 Å². The van der Waals surface area contributed by atoms with E-state index < -0.39 is 42.1 Å². The molecule has 2 rings (SSSR count). The van der Waals surface area contributed by atoms with Crippen molar-refractivity contribution in [3.05, 3.63) is 32.9 Å². The fourth-order valence-corrected chi connectivity index (χ4v) is 2.74. The van der Waals surface area contributed by atoms with Gasteiger partial charge in [0.2, 0.25) is 5.82 Å². The Morgan fingerprint density at radius 2 is 2.12 bits per heavy atom. The molecule has 11 heteroatoms. The topological polar surface area (TPSA) is 135 Å². The Morgan fingerprint density at radius 1 is 1.35 bits per heavy atom. The molecule has 1 fully saturated rings. The Hall–Kier alpha value is -1.63. The first kappa shape index (κ1) is 20.7. The van der Waals surface area contributed by atoms with Gasteiger partial charge in [0.25, 0.3) is 5.56 Å². The molecule has 0 spiro atoms. The second-order valence-corrected chi connectivity index (χ2v) is 5.97. The van der Waals surface area contributed by atoms with E-state index in [1.165, 1.54) is 0 Å². The van der Waals surface area contributed by atoms with E-state index >= 15 is 0 Å². The van der Waals surface area contributed by atoms with Crippen molar-refractivity contribution in [1.82, 2.24) is 14.6 Å². The maximum Gasteiger partial charge on any atom is 0.333 e. The van der Waals surface area contributed by atoms with Gasteiger partial charge in [-0.15, -0.1) is 0 Å². The predicted octanol–water partition coefficient (Wildman–Crippen LogP) is -1.43. The lowest BCUT2D eigenvalue weighted by atomic mass is 10.2. The second kappa shape index (κ2) is 9.90. The van der Waals surface area contributed by atoms with Crippen molar-refractivity contribution in [1.29, 1.82) is 0 Å². The number of nitrogens with zero attached hydrogens (tertiary/aromatic N) is 2. The van der Waals surface area contributed by atoms with E-state index in [2.05, 4.69) is 0 Å². The van der Waals surface area contributed by atoms with Gasteiger partial charge in [0.05, 0.1) is 25.5 Å². The highest BCUT2D eigenvalue weighted by atomic mass is 19.1. The molecule has 0 bridgehead atoms. The van der Waals surface area contributed by atoms with Crippen LogP contribution in [-0.2, 0) is 16.0 Å². The van der Waals surface area contributed by atoms with Gasteiger partial charge in [-0.05, 0) is 12.8 Å². The van der Waals surface area contributed by atoms with E-state index in [0.717, 1.165) is 15.3 Å². The van der Waals surface area contributed by atoms with Crippen molar-refractivity contribution >= 4 is 0 Å². The molecule has 26 heavy (non-hydrogen) atoms. The van der Waals surface area contributed by atoms with Crippen LogP contribution < -0.4 is 16.7 Å². The van der Waals surface area contributed by atoms with Gasteiger partial charge in [-0.1, -0.05) is 0 Å². The Kier molecular flexibility index (Phi) is 7.87. The zero-order valence-electron chi connectivity index (χ0n) is 14.2. The lowest BCUT2D eigenvalue weighted by Crippen LogP contribution is -2.42. The maximum absolute atomic E-state index is 13.9. The lowest BCUT2D eigenvalue weighted by molar-refractivity contribution is -0.0466. The van der Waals surface area contributed by atoms with Crippen molar-refractivity contribution in [2.24, 2.45) is 0 Å². The summed E-state index contributed by atoms with van der Waals surface area (Å²) in [5.41, 5.74) is 0.190. The lowest BCUT2D eigenvalue weighted by Gasteiger charge is -2.16. The largest absolute Gasteiger partial charge is 0.394 e. The van der Waals surface area contributed by atoms with Crippen molar-refractivity contribution in [2.75, 3.05) is 26.4 Å². The highest BCUT2D eigenvalue weighted by Gasteiger charge is 2.35. The SMILES string of the molecule is O=c1c(F)cn(C2CC(O)C(CO)O2)c(=O)n1CCCCOCCNO. The number of halogens is 1. The van der Waals surface area contributed by atoms with E-state index in [4.69, 9.17) is 19.8 Å². The van der Waals surface area contributed by atoms with Crippen molar-refractivity contribution < 1.29 is 29.3 Å². The number of nitrogens with one attached hydrogen (secondary N) is 1. The summed E-state index contributed by atoms with van der Waals surface area (Å²) in [6.07, 6.45) is -1.06. The Bertz CT molecular complexity index is 693. The number of aliphatic hydroxyl groups excluding tert-OH is 2. The van der Waals surface area contributed by atoms with Crippen LogP contribution in [0.3, 0.4) is 0 Å². The normalized spacial score (nSPS) is 22.8. The summed E-state index contributed by atoms with van der Waals surface area (Å²) in [5.74, 6) is -1.10. The molecular weight excluding hydrogens is 353 g/mol. The minimum atomic E-state index is -1.10. The van der Waals surface area contributed by atoms with E-state index in [1.807, 2.05) is 5.48 Å². The number of rotatable bonds is 10. The first-order valence-corrected chi connectivity index (χ1v) is 8.40. The number of hydroxylamine groups is 1. The van der Waals surface area contributed by atoms with Gasteiger partial charge in [-0.2, -0.15) is 4.39 Å². The van der Waals surface area contributed by atoms with Gasteiger partial charge in [0.15, 0.2) is 0 Å². The molecule has 1 aliphatic rings. The molecule has 1 aromatic rings. The molecule has 4 N–H and O–H groups in total. The van der Waals surface area contributed by atoms with Crippen LogP contribution in [0.4, 0.5) is 4.39 Å². The number of aromatic nitrogens is 2. The summed E-state index contributed by atoms with van der Waals surface area (Å²) < 4.78 is 26.2. The van der Waals surface area contributed by atoms with Crippen LogP contribution in [0.15, 0.2) is 15.8 Å². The summed E-state index contributed by atoms with van der Waals surface area (Å²) >= 11 is 0. The van der Waals surface area contributed by atoms with Crippen LogP contribution in [0.1, 0.15) is 25.5 Å². The Balaban J connectivity index is 2.04. The molecule has 0 radical (unpaired) electrons. The first-order valence-electron chi connectivity index (χ1n) is 8.40. The Morgan fingerprint density at radius 3 is 2.77 bits per heavy atom. The number of ether oxygens (including phenoxy) is 2. The molecule has 1 aliphatic heterocycles. The maximum atomic E-state index is 13.9. The minimum Gasteiger partial charge on any atom is -0.394 e. The molecule has 2 heterocycles. The summed E-state index contributed by atoms with van der Waals surface area (Å²) in [6, 6.07) is 0. The fraction of sp³-hybridized carbons (Fsp3) is 0.733. The molecule has 1 saturated heterocycles. The summed E-state index contributed by atoms with van der Waals surface area (Å²) in [6.45, 7) is 0.554. The number of unbranched alkanes of at least 4 members (excludes halogenated alkanes) is 1. The zero-order valence-corrected chi connectivity index (χ0v) is 14.2. The Labute approximate surface area is 148 Å². The first-order chi connectivity index (χ1) is 12.5. The van der Waals surface area contributed by atoms with Crippen LogP contribution in [0.25, 0.3) is 0 Å². The average Bonchev–Trinajstić information content (AvgIpc) is 3.00. The smallest absolute Gasteiger partial charge is 0.333 e. The molecule has 0 aliphatic carbocycles. The standard InChI is InChI=1S/C15H24FN3O7/c16-10-8-19(13-7-11(21)12(9-20)26-13)15(23)18(14(10)22)4-1-2-5-25-6-3-17-24/h8,11-13,17,20-21,24H,1-7,9H2. The third kappa shape index (κ3) is 4.96. The van der Waals surface area contributed by atoms with E-state index in [0.29, 0.717) is 26.1 Å². The van der Waals surface area contributed by atoms with Gasteiger partial charge in [0.1, 0.15) is 12.3 Å². The van der Waals surface area contributed by atoms with E-state index in [-0.39, 0.29) is 19.5 Å². The summed E-state index contributed by atoms with van der Waals surface area (Å²) in [7, 11) is 0. The van der Waals surface area contributed by atoms with Gasteiger partial charge < -0.3 is 24.9 Å². The minimum absolute atomic E-state index is 0.00943. The average molecular weight is 377 g/mol. The highest BCUT2D eigenvalue weighted by Crippen LogP contribution is 2.27. The molecule has 3 unspecified atom stereocenters. The van der Waals surface area contributed by atoms with Gasteiger partial charge in [0, 0.05) is 26.1 Å². The fourth-order valence-electron chi connectivity index (χ4n) is 2.74. The third-order valence-electron chi connectivity index (χ3n) is 4.13. The van der Waals surface area contributed by atoms with E-state index in [9.17, 15) is 19.1 Å². The number of hydrogen-bond donors (Lipinski definition) is 4. The quantitative estimate of drug-likeness (QED) is 0.288. The zero-order chi connectivity index (χ0) is 19.1. The molecule has 10 nitrogen and oxygen atoms in total. The van der Waals surface area contributed by atoms with Crippen LogP contribution >= 0.6 is 0 Å². The number of aliphatic hydroxyl groups is 2. The molecule has 0 saturated carbocycles. The van der Waals surface area contributed by atoms with E-state index in [1.54, 1.807) is 0 Å². The van der Waals surface area contributed by atoms with Gasteiger partial charge in [-0.25, -0.2) is 10.3 Å². The van der Waals surface area contributed by atoms with Crippen LogP contribution in [-0.4, -0.2) is 63.1 Å². The summed E-state index contributed by atoms with van der Waals surface area (Å²) in [5, 5.41) is 27.3. The van der Waals surface area contributed by atoms with Crippen LogP contribution in [0, 0.1) is 5.82 Å². The predicted molar refractivity (Wildman–Crippen MR) is 86.4 cm³/mol. The summed E-state index contributed by atoms with van der Waals surface area (Å²) in [4.78, 5) is 24.4. The molecule has 0 amide bonds. The van der Waals surface area contributed by atoms with Crippen molar-refractivity contribution in [2.45, 2.75) is 44.2 Å². The third-order valence-corrected chi connectivity index (χ3v) is 4.13. The van der Waals surface area contributed by atoms with Crippen molar-refractivity contribution in [3.8, 4) is 0 Å². The van der Waals surface area contributed by atoms with Gasteiger partial charge >= 0.3 is 5.69 Å². The monoisotopic (exact) mass is 377 g/mol. The molecule has 1 aromatic heterocycles. The molecule has 3 atom stereocenters. The van der Waals surface area contributed by atoms with Crippen LogP contribution in [0.5, 0.6) is 0 Å². The molecule has 0 aromatic carbocycles. The second-order valence-electron chi connectivity index (χ2n) is 5.97. The molecular formula is C15H24FN3O7. The van der Waals surface area contributed by atoms with Crippen LogP contribution in [0.2, 0.25) is 0 Å². The number of hydrogen-bond acceptors (Lipinski definition) is 8. The molecule has 148 valence electrons. The van der Waals surface area contributed by atoms with Gasteiger partial charge in [-0.3, -0.25) is 13.9 Å². The highest BCUT2D eigenvalue weighted by molar-refractivity contribution is 4.93.